The third-order valence-electron chi connectivity index (χ3n) is 2.81. The molecule has 6 nitrogen and oxygen atoms in total. The zero-order valence-electron chi connectivity index (χ0n) is 10.1. The summed E-state index contributed by atoms with van der Waals surface area (Å²) in [7, 11) is -6.76. The van der Waals surface area contributed by atoms with Gasteiger partial charge in [0.15, 0.2) is 0 Å². The lowest BCUT2D eigenvalue weighted by atomic mass is 10.4. The number of hydrogen-bond donors (Lipinski definition) is 0. The minimum absolute atomic E-state index is 0.185. The number of hydrogen-bond acceptors (Lipinski definition) is 5. The van der Waals surface area contributed by atoms with Gasteiger partial charge in [-0.2, -0.15) is 8.61 Å². The van der Waals surface area contributed by atoms with Crippen LogP contribution in [0.3, 0.4) is 0 Å². The summed E-state index contributed by atoms with van der Waals surface area (Å²) in [5.74, 6) is 0. The Labute approximate surface area is 125 Å². The van der Waals surface area contributed by atoms with Crippen LogP contribution >= 0.6 is 27.3 Å². The highest BCUT2D eigenvalue weighted by Crippen LogP contribution is 2.29. The van der Waals surface area contributed by atoms with Crippen LogP contribution in [0.15, 0.2) is 20.1 Å². The molecule has 0 unspecified atom stereocenters. The van der Waals surface area contributed by atoms with Gasteiger partial charge in [0, 0.05) is 26.2 Å². The molecule has 1 saturated heterocycles. The summed E-state index contributed by atoms with van der Waals surface area (Å²) in [5, 5.41) is 0. The summed E-state index contributed by atoms with van der Waals surface area (Å²) in [4.78, 5) is 0. The van der Waals surface area contributed by atoms with Gasteiger partial charge in [-0.1, -0.05) is 0 Å². The maximum absolute atomic E-state index is 12.3. The number of nitrogens with zero attached hydrogens (tertiary/aromatic N) is 2. The van der Waals surface area contributed by atoms with Crippen molar-refractivity contribution in [2.24, 2.45) is 0 Å². The molecule has 108 valence electrons. The van der Waals surface area contributed by atoms with Crippen molar-refractivity contribution in [2.45, 2.75) is 4.21 Å². The largest absolute Gasteiger partial charge is 0.252 e. The minimum Gasteiger partial charge on any atom is -0.213 e. The third-order valence-corrected chi connectivity index (χ3v) is 8.10. The predicted molar refractivity (Wildman–Crippen MR) is 77.2 cm³/mol. The van der Waals surface area contributed by atoms with Crippen molar-refractivity contribution in [1.82, 2.24) is 8.61 Å². The monoisotopic (exact) mass is 388 g/mol. The average Bonchev–Trinajstić information content (AvgIpc) is 2.76. The fourth-order valence-corrected chi connectivity index (χ4v) is 6.22. The summed E-state index contributed by atoms with van der Waals surface area (Å²) in [6, 6.07) is 3.23. The van der Waals surface area contributed by atoms with Gasteiger partial charge in [-0.25, -0.2) is 16.8 Å². The SMILES string of the molecule is CS(=O)(=O)N1CCN(S(=O)(=O)c2ccc(Br)s2)CC1. The second kappa shape index (κ2) is 5.41. The molecule has 10 heteroatoms. The van der Waals surface area contributed by atoms with E-state index in [1.165, 1.54) is 8.61 Å². The molecule has 0 atom stereocenters. The van der Waals surface area contributed by atoms with Crippen molar-refractivity contribution in [3.63, 3.8) is 0 Å². The molecule has 0 radical (unpaired) electrons. The first-order valence-corrected chi connectivity index (χ1v) is 10.3. The zero-order chi connectivity index (χ0) is 14.3. The lowest BCUT2D eigenvalue weighted by molar-refractivity contribution is 0.274. The van der Waals surface area contributed by atoms with E-state index in [1.807, 2.05) is 0 Å². The van der Waals surface area contributed by atoms with Gasteiger partial charge < -0.3 is 0 Å². The van der Waals surface area contributed by atoms with E-state index in [2.05, 4.69) is 15.9 Å². The Hall–Kier alpha value is -0.0000000000000000833. The van der Waals surface area contributed by atoms with E-state index < -0.39 is 20.0 Å². The molecular weight excluding hydrogens is 376 g/mol. The third kappa shape index (κ3) is 3.37. The smallest absolute Gasteiger partial charge is 0.213 e. The number of thiophene rings is 1. The summed E-state index contributed by atoms with van der Waals surface area (Å²) in [6.07, 6.45) is 1.13. The lowest BCUT2D eigenvalue weighted by Crippen LogP contribution is -2.50. The van der Waals surface area contributed by atoms with E-state index in [0.717, 1.165) is 21.4 Å². The fourth-order valence-electron chi connectivity index (χ4n) is 1.81. The first-order chi connectivity index (χ1) is 8.71. The van der Waals surface area contributed by atoms with Crippen molar-refractivity contribution in [1.29, 1.82) is 0 Å². The molecule has 1 aliphatic heterocycles. The van der Waals surface area contributed by atoms with Crippen LogP contribution in [0.2, 0.25) is 0 Å². The van der Waals surface area contributed by atoms with Gasteiger partial charge >= 0.3 is 0 Å². The van der Waals surface area contributed by atoms with Crippen LogP contribution in [-0.4, -0.2) is 57.9 Å². The van der Waals surface area contributed by atoms with Gasteiger partial charge in [0.25, 0.3) is 10.0 Å². The van der Waals surface area contributed by atoms with E-state index in [1.54, 1.807) is 12.1 Å². The second-order valence-electron chi connectivity index (χ2n) is 4.12. The van der Waals surface area contributed by atoms with Gasteiger partial charge in [-0.15, -0.1) is 11.3 Å². The Morgan fingerprint density at radius 2 is 1.58 bits per heavy atom. The van der Waals surface area contributed by atoms with E-state index in [4.69, 9.17) is 0 Å². The van der Waals surface area contributed by atoms with E-state index in [9.17, 15) is 16.8 Å². The van der Waals surface area contributed by atoms with E-state index in [-0.39, 0.29) is 30.4 Å². The first kappa shape index (κ1) is 15.4. The van der Waals surface area contributed by atoms with Crippen LogP contribution in [0.25, 0.3) is 0 Å². The molecule has 0 amide bonds. The van der Waals surface area contributed by atoms with E-state index >= 15 is 0 Å². The normalized spacial score (nSPS) is 19.7. The Kier molecular flexibility index (Phi) is 4.38. The molecule has 19 heavy (non-hydrogen) atoms. The average molecular weight is 389 g/mol. The number of rotatable bonds is 3. The van der Waals surface area contributed by atoms with Crippen LogP contribution in [0.4, 0.5) is 0 Å². The maximum Gasteiger partial charge on any atom is 0.252 e. The summed E-state index contributed by atoms with van der Waals surface area (Å²) in [5.41, 5.74) is 0. The molecule has 1 fully saturated rings. The molecule has 0 aliphatic carbocycles. The second-order valence-corrected chi connectivity index (χ2v) is 10.7. The van der Waals surface area contributed by atoms with Gasteiger partial charge in [0.05, 0.1) is 10.0 Å². The maximum atomic E-state index is 12.3. The van der Waals surface area contributed by atoms with Gasteiger partial charge in [0.2, 0.25) is 10.0 Å². The van der Waals surface area contributed by atoms with Gasteiger partial charge in [0.1, 0.15) is 4.21 Å². The van der Waals surface area contributed by atoms with Crippen molar-refractivity contribution in [2.75, 3.05) is 32.4 Å². The van der Waals surface area contributed by atoms with Crippen molar-refractivity contribution in [3.05, 3.63) is 15.9 Å². The molecule has 1 aromatic rings. The van der Waals surface area contributed by atoms with Gasteiger partial charge in [-0.3, -0.25) is 0 Å². The molecule has 0 N–H and O–H groups in total. The van der Waals surface area contributed by atoms with Crippen molar-refractivity contribution < 1.29 is 16.8 Å². The van der Waals surface area contributed by atoms with Crippen molar-refractivity contribution in [3.8, 4) is 0 Å². The Bertz CT molecular complexity index is 659. The zero-order valence-corrected chi connectivity index (χ0v) is 14.1. The Morgan fingerprint density at radius 3 is 2.00 bits per heavy atom. The summed E-state index contributed by atoms with van der Waals surface area (Å²) < 4.78 is 51.0. The summed E-state index contributed by atoms with van der Waals surface area (Å²) in [6.45, 7) is 0.769. The number of piperazine rings is 1. The number of sulfonamides is 2. The lowest BCUT2D eigenvalue weighted by Gasteiger charge is -2.32. The molecule has 0 saturated carbocycles. The van der Waals surface area contributed by atoms with Crippen LogP contribution < -0.4 is 0 Å². The van der Waals surface area contributed by atoms with Crippen LogP contribution in [0, 0.1) is 0 Å². The molecule has 0 aromatic carbocycles. The molecule has 1 aromatic heterocycles. The van der Waals surface area contributed by atoms with Crippen LogP contribution in [0.5, 0.6) is 0 Å². The molecule has 0 spiro atoms. The summed E-state index contributed by atoms with van der Waals surface area (Å²) >= 11 is 4.38. The van der Waals surface area contributed by atoms with Crippen molar-refractivity contribution >= 4 is 47.3 Å². The molecule has 0 bridgehead atoms. The standard InChI is InChI=1S/C9H13BrN2O4S3/c1-18(13,14)11-4-6-12(7-5-11)19(15,16)9-3-2-8(10)17-9/h2-3H,4-7H2,1H3. The predicted octanol–water partition coefficient (Wildman–Crippen LogP) is 0.777. The first-order valence-electron chi connectivity index (χ1n) is 5.42. The highest BCUT2D eigenvalue weighted by atomic mass is 79.9. The minimum atomic E-state index is -3.51. The fraction of sp³-hybridized carbons (Fsp3) is 0.556. The molecule has 2 heterocycles. The van der Waals surface area contributed by atoms with E-state index in [0.29, 0.717) is 0 Å². The topological polar surface area (TPSA) is 74.8 Å². The molecule has 2 rings (SSSR count). The Balaban J connectivity index is 2.14. The number of halogens is 1. The Morgan fingerprint density at radius 1 is 1.05 bits per heavy atom. The van der Waals surface area contributed by atoms with Gasteiger partial charge in [-0.05, 0) is 28.1 Å². The van der Waals surface area contributed by atoms with Crippen LogP contribution in [-0.2, 0) is 20.0 Å². The molecule has 1 aliphatic rings. The molecular formula is C9H13BrN2O4S3. The quantitative estimate of drug-likeness (QED) is 0.766. The van der Waals surface area contributed by atoms with Crippen LogP contribution in [0.1, 0.15) is 0 Å². The highest BCUT2D eigenvalue weighted by Gasteiger charge is 2.32. The highest BCUT2D eigenvalue weighted by molar-refractivity contribution is 9.11.